The summed E-state index contributed by atoms with van der Waals surface area (Å²) >= 11 is 0. The highest BCUT2D eigenvalue weighted by Gasteiger charge is 2.36. The van der Waals surface area contributed by atoms with Crippen molar-refractivity contribution in [3.05, 3.63) is 54.0 Å². The predicted octanol–water partition coefficient (Wildman–Crippen LogP) is 1.89. The standard InChI is InChI=1S/C19H24N4O2/c1-15-7-5-8-16(21-15)18(24)22(2)13-19(25)10-6-12-23(14-19)17-9-3-4-11-20-17/h3-5,7-9,11,25H,6,10,12-14H2,1-2H3/t19-/m1/s1. The van der Waals surface area contributed by atoms with E-state index in [9.17, 15) is 9.90 Å². The molecule has 0 unspecified atom stereocenters. The van der Waals surface area contributed by atoms with Crippen molar-refractivity contribution in [3.63, 3.8) is 0 Å². The lowest BCUT2D eigenvalue weighted by molar-refractivity contribution is -0.000279. The van der Waals surface area contributed by atoms with Crippen LogP contribution in [0.2, 0.25) is 0 Å². The fraction of sp³-hybridized carbons (Fsp3) is 0.421. The van der Waals surface area contributed by atoms with Gasteiger partial charge < -0.3 is 14.9 Å². The molecule has 3 heterocycles. The number of pyridine rings is 2. The van der Waals surface area contributed by atoms with Crippen LogP contribution < -0.4 is 4.90 Å². The highest BCUT2D eigenvalue weighted by Crippen LogP contribution is 2.25. The SMILES string of the molecule is Cc1cccc(C(=O)N(C)C[C@]2(O)CCCN(c3ccccn3)C2)n1. The van der Waals surface area contributed by atoms with Crippen LogP contribution in [0.3, 0.4) is 0 Å². The first-order valence-electron chi connectivity index (χ1n) is 8.54. The van der Waals surface area contributed by atoms with Crippen LogP contribution in [-0.4, -0.2) is 58.2 Å². The molecule has 132 valence electrons. The third-order valence-corrected chi connectivity index (χ3v) is 4.51. The Hall–Kier alpha value is -2.47. The van der Waals surface area contributed by atoms with Gasteiger partial charge in [-0.05, 0) is 44.0 Å². The van der Waals surface area contributed by atoms with Gasteiger partial charge in [-0.3, -0.25) is 4.79 Å². The quantitative estimate of drug-likeness (QED) is 0.920. The van der Waals surface area contributed by atoms with Crippen LogP contribution in [-0.2, 0) is 0 Å². The Morgan fingerprint density at radius 1 is 1.32 bits per heavy atom. The summed E-state index contributed by atoms with van der Waals surface area (Å²) in [5.74, 6) is 0.682. The molecular formula is C19H24N4O2. The van der Waals surface area contributed by atoms with Crippen molar-refractivity contribution in [2.24, 2.45) is 0 Å². The molecule has 6 heteroatoms. The van der Waals surface area contributed by atoms with E-state index in [1.54, 1.807) is 24.2 Å². The van der Waals surface area contributed by atoms with Crippen LogP contribution in [0, 0.1) is 6.92 Å². The van der Waals surface area contributed by atoms with Crippen LogP contribution in [0.5, 0.6) is 0 Å². The highest BCUT2D eigenvalue weighted by molar-refractivity contribution is 5.92. The van der Waals surface area contributed by atoms with E-state index in [2.05, 4.69) is 14.9 Å². The smallest absolute Gasteiger partial charge is 0.272 e. The molecule has 1 amide bonds. The minimum atomic E-state index is -0.954. The van der Waals surface area contributed by atoms with E-state index in [0.29, 0.717) is 18.7 Å². The summed E-state index contributed by atoms with van der Waals surface area (Å²) in [5, 5.41) is 11.0. The Morgan fingerprint density at radius 2 is 2.16 bits per heavy atom. The summed E-state index contributed by atoms with van der Waals surface area (Å²) in [6, 6.07) is 11.1. The molecule has 6 nitrogen and oxygen atoms in total. The lowest BCUT2D eigenvalue weighted by Gasteiger charge is -2.41. The fourth-order valence-corrected chi connectivity index (χ4v) is 3.35. The molecule has 1 saturated heterocycles. The second-order valence-corrected chi connectivity index (χ2v) is 6.76. The van der Waals surface area contributed by atoms with Crippen LogP contribution in [0.4, 0.5) is 5.82 Å². The molecule has 1 aliphatic rings. The average Bonchev–Trinajstić information content (AvgIpc) is 2.61. The first kappa shape index (κ1) is 17.4. The van der Waals surface area contributed by atoms with Crippen molar-refractivity contribution >= 4 is 11.7 Å². The number of piperidine rings is 1. The Kier molecular flexibility index (Phi) is 4.99. The van der Waals surface area contributed by atoms with Gasteiger partial charge in [0.05, 0.1) is 12.1 Å². The number of hydrogen-bond donors (Lipinski definition) is 1. The lowest BCUT2D eigenvalue weighted by atomic mass is 9.92. The minimum absolute atomic E-state index is 0.174. The zero-order valence-electron chi connectivity index (χ0n) is 14.7. The van der Waals surface area contributed by atoms with Gasteiger partial charge in [-0.2, -0.15) is 0 Å². The van der Waals surface area contributed by atoms with Crippen molar-refractivity contribution in [1.82, 2.24) is 14.9 Å². The first-order chi connectivity index (χ1) is 12.0. The number of carbonyl (C=O) groups is 1. The molecule has 2 aromatic rings. The number of amides is 1. The largest absolute Gasteiger partial charge is 0.386 e. The minimum Gasteiger partial charge on any atom is -0.386 e. The summed E-state index contributed by atoms with van der Waals surface area (Å²) in [5.41, 5.74) is 0.254. The van der Waals surface area contributed by atoms with E-state index in [1.807, 2.05) is 37.3 Å². The van der Waals surface area contributed by atoms with E-state index in [-0.39, 0.29) is 12.5 Å². The number of nitrogens with zero attached hydrogens (tertiary/aromatic N) is 4. The Balaban J connectivity index is 1.69. The fourth-order valence-electron chi connectivity index (χ4n) is 3.35. The number of aryl methyl sites for hydroxylation is 1. The van der Waals surface area contributed by atoms with Crippen molar-refractivity contribution < 1.29 is 9.90 Å². The zero-order chi connectivity index (χ0) is 17.9. The Morgan fingerprint density at radius 3 is 2.88 bits per heavy atom. The molecule has 25 heavy (non-hydrogen) atoms. The molecule has 0 spiro atoms. The number of carbonyl (C=O) groups excluding carboxylic acids is 1. The lowest BCUT2D eigenvalue weighted by Crippen LogP contribution is -2.55. The van der Waals surface area contributed by atoms with Crippen LogP contribution >= 0.6 is 0 Å². The van der Waals surface area contributed by atoms with Crippen LogP contribution in [0.25, 0.3) is 0 Å². The van der Waals surface area contributed by atoms with Gasteiger partial charge in [0.25, 0.3) is 5.91 Å². The van der Waals surface area contributed by atoms with Gasteiger partial charge in [-0.15, -0.1) is 0 Å². The van der Waals surface area contributed by atoms with Gasteiger partial charge in [0, 0.05) is 32.0 Å². The van der Waals surface area contributed by atoms with Crippen LogP contribution in [0.1, 0.15) is 29.0 Å². The molecule has 0 aliphatic carbocycles. The zero-order valence-corrected chi connectivity index (χ0v) is 14.7. The van der Waals surface area contributed by atoms with E-state index >= 15 is 0 Å². The van der Waals surface area contributed by atoms with Crippen molar-refractivity contribution in [2.75, 3.05) is 31.6 Å². The number of likely N-dealkylation sites (N-methyl/N-ethyl adjacent to an activating group) is 1. The molecular weight excluding hydrogens is 316 g/mol. The van der Waals surface area contributed by atoms with Gasteiger partial charge in [-0.1, -0.05) is 12.1 Å². The van der Waals surface area contributed by atoms with E-state index in [1.165, 1.54) is 0 Å². The molecule has 1 fully saturated rings. The number of hydrogen-bond acceptors (Lipinski definition) is 5. The molecule has 0 bridgehead atoms. The van der Waals surface area contributed by atoms with Gasteiger partial charge in [0.15, 0.2) is 0 Å². The summed E-state index contributed by atoms with van der Waals surface area (Å²) < 4.78 is 0. The predicted molar refractivity (Wildman–Crippen MR) is 96.6 cm³/mol. The number of aromatic nitrogens is 2. The monoisotopic (exact) mass is 340 g/mol. The summed E-state index contributed by atoms with van der Waals surface area (Å²) in [6.07, 6.45) is 3.27. The van der Waals surface area contributed by atoms with Crippen LogP contribution in [0.15, 0.2) is 42.6 Å². The number of anilines is 1. The third-order valence-electron chi connectivity index (χ3n) is 4.51. The average molecular weight is 340 g/mol. The number of rotatable bonds is 4. The summed E-state index contributed by atoms with van der Waals surface area (Å²) in [6.45, 7) is 3.44. The normalized spacial score (nSPS) is 20.4. The van der Waals surface area contributed by atoms with Crippen molar-refractivity contribution in [1.29, 1.82) is 0 Å². The first-order valence-corrected chi connectivity index (χ1v) is 8.54. The third kappa shape index (κ3) is 4.14. The topological polar surface area (TPSA) is 69.6 Å². The molecule has 2 aromatic heterocycles. The molecule has 0 saturated carbocycles. The van der Waals surface area contributed by atoms with Crippen molar-refractivity contribution in [3.8, 4) is 0 Å². The van der Waals surface area contributed by atoms with Gasteiger partial charge in [0.2, 0.25) is 0 Å². The Labute approximate surface area is 148 Å². The molecule has 0 aromatic carbocycles. The number of aliphatic hydroxyl groups is 1. The van der Waals surface area contributed by atoms with Gasteiger partial charge >= 0.3 is 0 Å². The molecule has 1 aliphatic heterocycles. The second-order valence-electron chi connectivity index (χ2n) is 6.76. The van der Waals surface area contributed by atoms with E-state index in [4.69, 9.17) is 0 Å². The maximum absolute atomic E-state index is 12.6. The van der Waals surface area contributed by atoms with Gasteiger partial charge in [-0.25, -0.2) is 9.97 Å². The second kappa shape index (κ2) is 7.19. The van der Waals surface area contributed by atoms with E-state index < -0.39 is 5.60 Å². The summed E-state index contributed by atoms with van der Waals surface area (Å²) in [7, 11) is 1.71. The maximum Gasteiger partial charge on any atom is 0.272 e. The molecule has 1 N–H and O–H groups in total. The summed E-state index contributed by atoms with van der Waals surface area (Å²) in [4.78, 5) is 24.9. The molecule has 1 atom stereocenters. The number of β-amino-alcohol motifs (C(OH)–C–C–N with tert-alkyl or cyclic N) is 1. The molecule has 0 radical (unpaired) electrons. The molecule has 3 rings (SSSR count). The Bertz CT molecular complexity index is 737. The van der Waals surface area contributed by atoms with Crippen molar-refractivity contribution in [2.45, 2.75) is 25.4 Å². The maximum atomic E-state index is 12.6. The van der Waals surface area contributed by atoms with Gasteiger partial charge in [0.1, 0.15) is 11.5 Å². The highest BCUT2D eigenvalue weighted by atomic mass is 16.3. The van der Waals surface area contributed by atoms with E-state index in [0.717, 1.165) is 24.5 Å².